The molecule has 0 bridgehead atoms. The van der Waals surface area contributed by atoms with Gasteiger partial charge in [-0.2, -0.15) is 18.3 Å². The number of fused-ring (bicyclic) bond motifs is 1. The summed E-state index contributed by atoms with van der Waals surface area (Å²) < 4.78 is 42.1. The molecule has 1 aliphatic heterocycles. The van der Waals surface area contributed by atoms with Crippen LogP contribution in [0.5, 0.6) is 0 Å². The van der Waals surface area contributed by atoms with Crippen molar-refractivity contribution in [1.82, 2.24) is 19.5 Å². The summed E-state index contributed by atoms with van der Waals surface area (Å²) in [6.45, 7) is 6.91. The van der Waals surface area contributed by atoms with Crippen molar-refractivity contribution in [1.29, 1.82) is 0 Å². The van der Waals surface area contributed by atoms with Gasteiger partial charge in [0, 0.05) is 42.1 Å². The second kappa shape index (κ2) is 6.99. The maximum Gasteiger partial charge on any atom is 0.433 e. The molecule has 0 aromatic carbocycles. The smallest absolute Gasteiger partial charge is 0.342 e. The summed E-state index contributed by atoms with van der Waals surface area (Å²) >= 11 is 0. The fourth-order valence-corrected chi connectivity index (χ4v) is 4.08. The van der Waals surface area contributed by atoms with Crippen LogP contribution in [0.4, 0.5) is 13.2 Å². The summed E-state index contributed by atoms with van der Waals surface area (Å²) in [4.78, 5) is 18.8. The number of carbonyl (C=O) groups is 1. The predicted molar refractivity (Wildman–Crippen MR) is 103 cm³/mol. The van der Waals surface area contributed by atoms with Crippen LogP contribution in [-0.2, 0) is 16.4 Å². The van der Waals surface area contributed by atoms with Crippen molar-refractivity contribution < 1.29 is 18.0 Å². The lowest BCUT2D eigenvalue weighted by molar-refractivity contribution is -0.142. The summed E-state index contributed by atoms with van der Waals surface area (Å²) in [6, 6.07) is 2.79. The Hall–Kier alpha value is -2.12. The third kappa shape index (κ3) is 3.85. The number of hydrogen-bond acceptors (Lipinski definition) is 3. The van der Waals surface area contributed by atoms with Crippen LogP contribution in [0.15, 0.2) is 12.1 Å². The normalized spacial score (nSPS) is 19.6. The van der Waals surface area contributed by atoms with Crippen molar-refractivity contribution in [2.24, 2.45) is 5.92 Å². The van der Waals surface area contributed by atoms with E-state index < -0.39 is 11.9 Å². The van der Waals surface area contributed by atoms with E-state index in [1.807, 2.05) is 25.7 Å². The van der Waals surface area contributed by atoms with Gasteiger partial charge >= 0.3 is 6.18 Å². The van der Waals surface area contributed by atoms with Crippen molar-refractivity contribution in [3.05, 3.63) is 29.2 Å². The van der Waals surface area contributed by atoms with Crippen molar-refractivity contribution in [3.8, 4) is 0 Å². The summed E-state index contributed by atoms with van der Waals surface area (Å²) in [5.41, 5.74) is 0.0902. The molecule has 8 heteroatoms. The Morgan fingerprint density at radius 3 is 2.24 bits per heavy atom. The van der Waals surface area contributed by atoms with Gasteiger partial charge in [-0.25, -0.2) is 9.50 Å². The second-order valence-electron chi connectivity index (χ2n) is 9.34. The number of likely N-dealkylation sites (tertiary alicyclic amines) is 1. The first kappa shape index (κ1) is 20.2. The molecule has 1 aliphatic carbocycles. The van der Waals surface area contributed by atoms with Gasteiger partial charge in [-0.15, -0.1) is 0 Å². The van der Waals surface area contributed by atoms with Crippen LogP contribution in [0.3, 0.4) is 0 Å². The van der Waals surface area contributed by atoms with E-state index in [0.717, 1.165) is 29.8 Å². The molecule has 3 heterocycles. The number of piperidine rings is 1. The topological polar surface area (TPSA) is 50.5 Å². The lowest BCUT2D eigenvalue weighted by Crippen LogP contribution is -2.43. The maximum atomic E-state index is 13.7. The van der Waals surface area contributed by atoms with Gasteiger partial charge in [0.1, 0.15) is 5.69 Å². The predicted octanol–water partition coefficient (Wildman–Crippen LogP) is 4.55. The van der Waals surface area contributed by atoms with Crippen molar-refractivity contribution >= 4 is 11.6 Å². The van der Waals surface area contributed by atoms with Crippen LogP contribution in [0, 0.1) is 5.92 Å². The van der Waals surface area contributed by atoms with Crippen molar-refractivity contribution in [2.75, 3.05) is 13.1 Å². The van der Waals surface area contributed by atoms with Gasteiger partial charge in [-0.05, 0) is 31.7 Å². The molecule has 0 atom stereocenters. The fourth-order valence-electron chi connectivity index (χ4n) is 4.08. The largest absolute Gasteiger partial charge is 0.433 e. The van der Waals surface area contributed by atoms with Gasteiger partial charge in [-0.3, -0.25) is 4.79 Å². The van der Waals surface area contributed by atoms with E-state index in [0.29, 0.717) is 37.3 Å². The number of aromatic nitrogens is 3. The molecular weight excluding hydrogens is 381 g/mol. The number of alkyl halides is 3. The number of amides is 1. The zero-order valence-electron chi connectivity index (χ0n) is 17.1. The first-order chi connectivity index (χ1) is 13.5. The van der Waals surface area contributed by atoms with E-state index >= 15 is 0 Å². The van der Waals surface area contributed by atoms with E-state index in [1.165, 1.54) is 0 Å². The zero-order valence-corrected chi connectivity index (χ0v) is 17.1. The van der Waals surface area contributed by atoms with Gasteiger partial charge < -0.3 is 4.90 Å². The molecule has 2 aromatic rings. The lowest BCUT2D eigenvalue weighted by Gasteiger charge is -2.36. The van der Waals surface area contributed by atoms with Gasteiger partial charge in [0.05, 0.1) is 5.69 Å². The van der Waals surface area contributed by atoms with Crippen LogP contribution < -0.4 is 0 Å². The van der Waals surface area contributed by atoms with Crippen LogP contribution in [0.25, 0.3) is 5.65 Å². The SMILES string of the molecule is CC(C)(C)c1cc2nc(C3CCN(C(=O)C4CCC4)CC3)cc(C(F)(F)F)n2n1. The van der Waals surface area contributed by atoms with Gasteiger partial charge in [0.2, 0.25) is 5.91 Å². The molecule has 2 aromatic heterocycles. The number of hydrogen-bond donors (Lipinski definition) is 0. The minimum Gasteiger partial charge on any atom is -0.342 e. The Morgan fingerprint density at radius 2 is 1.72 bits per heavy atom. The first-order valence-electron chi connectivity index (χ1n) is 10.3. The summed E-state index contributed by atoms with van der Waals surface area (Å²) in [5.74, 6) is 0.277. The molecule has 158 valence electrons. The number of carbonyl (C=O) groups excluding carboxylic acids is 1. The Balaban J connectivity index is 1.61. The molecule has 2 aliphatic rings. The Labute approximate surface area is 168 Å². The molecule has 0 spiro atoms. The van der Waals surface area contributed by atoms with Gasteiger partial charge in [0.15, 0.2) is 5.65 Å². The lowest BCUT2D eigenvalue weighted by atomic mass is 9.83. The monoisotopic (exact) mass is 408 g/mol. The Bertz CT molecular complexity index is 916. The second-order valence-corrected chi connectivity index (χ2v) is 9.34. The molecule has 0 N–H and O–H groups in total. The Kier molecular flexibility index (Phi) is 4.86. The van der Waals surface area contributed by atoms with Gasteiger partial charge in [-0.1, -0.05) is 27.2 Å². The molecule has 5 nitrogen and oxygen atoms in total. The third-order valence-electron chi connectivity index (χ3n) is 6.19. The molecule has 29 heavy (non-hydrogen) atoms. The van der Waals surface area contributed by atoms with E-state index in [9.17, 15) is 18.0 Å². The standard InChI is InChI=1S/C21H27F3N4O/c1-20(2,3)16-12-18-25-15(11-17(21(22,23)24)28(18)26-16)13-7-9-27(10-8-13)19(29)14-5-4-6-14/h11-14H,4-10H2,1-3H3. The Morgan fingerprint density at radius 1 is 1.07 bits per heavy atom. The van der Waals surface area contributed by atoms with Crippen molar-refractivity contribution in [2.45, 2.75) is 70.4 Å². The van der Waals surface area contributed by atoms with E-state index in [2.05, 4.69) is 10.1 Å². The van der Waals surface area contributed by atoms with Crippen LogP contribution in [-0.4, -0.2) is 38.5 Å². The minimum absolute atomic E-state index is 0.0838. The molecule has 1 saturated carbocycles. The van der Waals surface area contributed by atoms with Gasteiger partial charge in [0.25, 0.3) is 0 Å². The highest BCUT2D eigenvalue weighted by atomic mass is 19.4. The fraction of sp³-hybridized carbons (Fsp3) is 0.667. The van der Waals surface area contributed by atoms with E-state index in [-0.39, 0.29) is 28.8 Å². The highest BCUT2D eigenvalue weighted by Gasteiger charge is 2.37. The quantitative estimate of drug-likeness (QED) is 0.732. The minimum atomic E-state index is -4.52. The van der Waals surface area contributed by atoms with Crippen molar-refractivity contribution in [3.63, 3.8) is 0 Å². The number of rotatable bonds is 2. The van der Waals surface area contributed by atoms with Crippen LogP contribution in [0.1, 0.15) is 75.9 Å². The molecule has 1 amide bonds. The molecular formula is C21H27F3N4O. The molecule has 4 rings (SSSR count). The number of halogens is 3. The van der Waals surface area contributed by atoms with E-state index in [1.54, 1.807) is 6.07 Å². The van der Waals surface area contributed by atoms with Crippen LogP contribution in [0.2, 0.25) is 0 Å². The highest BCUT2D eigenvalue weighted by molar-refractivity contribution is 5.79. The molecule has 0 radical (unpaired) electrons. The molecule has 1 saturated heterocycles. The zero-order chi connectivity index (χ0) is 21.0. The third-order valence-corrected chi connectivity index (χ3v) is 6.19. The summed E-state index contributed by atoms with van der Waals surface area (Å²) in [7, 11) is 0. The average molecular weight is 408 g/mol. The van der Waals surface area contributed by atoms with Crippen LogP contribution >= 0.6 is 0 Å². The first-order valence-corrected chi connectivity index (χ1v) is 10.3. The highest BCUT2D eigenvalue weighted by Crippen LogP contribution is 2.36. The average Bonchev–Trinajstić information content (AvgIpc) is 3.03. The summed E-state index contributed by atoms with van der Waals surface area (Å²) in [6.07, 6.45) is -0.207. The summed E-state index contributed by atoms with van der Waals surface area (Å²) in [5, 5.41) is 4.19. The van der Waals surface area contributed by atoms with E-state index in [4.69, 9.17) is 0 Å². The molecule has 2 fully saturated rings. The maximum absolute atomic E-state index is 13.7. The molecule has 0 unspecified atom stereocenters. The number of nitrogens with zero attached hydrogens (tertiary/aromatic N) is 4.